The molecule has 0 aliphatic heterocycles. The lowest BCUT2D eigenvalue weighted by molar-refractivity contribution is -0.181. The van der Waals surface area contributed by atoms with Crippen molar-refractivity contribution in [1.82, 2.24) is 0 Å². The molecule has 0 aromatic rings. The molecule has 0 radical (unpaired) electrons. The summed E-state index contributed by atoms with van der Waals surface area (Å²) in [5, 5.41) is 53.4. The van der Waals surface area contributed by atoms with E-state index in [0.29, 0.717) is 0 Å². The molecule has 9 heteroatoms. The number of aliphatic carboxylic acids is 3. The fourth-order valence-corrected chi connectivity index (χ4v) is 1.43. The molecule has 3 atom stereocenters. The molecule has 3 unspecified atom stereocenters. The molecule has 18 heavy (non-hydrogen) atoms. The minimum absolute atomic E-state index is 0.790. The second-order valence-corrected chi connectivity index (χ2v) is 3.76. The van der Waals surface area contributed by atoms with Crippen molar-refractivity contribution in [3.8, 4) is 0 Å². The first-order valence-corrected chi connectivity index (χ1v) is 4.84. The van der Waals surface area contributed by atoms with E-state index < -0.39 is 55.0 Å². The minimum Gasteiger partial charge on any atom is -0.481 e. The standard InChI is InChI=1S/C9H14O9/c10-3-4(11)1-5(7(14)15)9(18,8(16)17)2-6(12)13/h4-5,10-11,18H,1-3H2,(H,12,13)(H,14,15)(H,16,17). The molecule has 104 valence electrons. The van der Waals surface area contributed by atoms with E-state index in [1.807, 2.05) is 0 Å². The highest BCUT2D eigenvalue weighted by molar-refractivity contribution is 5.89. The van der Waals surface area contributed by atoms with E-state index >= 15 is 0 Å². The molecule has 0 fully saturated rings. The van der Waals surface area contributed by atoms with Gasteiger partial charge >= 0.3 is 17.9 Å². The van der Waals surface area contributed by atoms with Gasteiger partial charge in [0.2, 0.25) is 0 Å². The Morgan fingerprint density at radius 3 is 1.89 bits per heavy atom. The van der Waals surface area contributed by atoms with Gasteiger partial charge in [0, 0.05) is 0 Å². The van der Waals surface area contributed by atoms with Crippen molar-refractivity contribution < 1.29 is 45.0 Å². The monoisotopic (exact) mass is 266 g/mol. The van der Waals surface area contributed by atoms with E-state index in [2.05, 4.69) is 0 Å². The average molecular weight is 266 g/mol. The molecule has 0 aromatic heterocycles. The Hall–Kier alpha value is -1.71. The molecule has 0 aromatic carbocycles. The summed E-state index contributed by atoms with van der Waals surface area (Å²) >= 11 is 0. The number of carboxylic acid groups (broad SMARTS) is 3. The Kier molecular flexibility index (Phi) is 5.69. The van der Waals surface area contributed by atoms with Gasteiger partial charge in [-0.05, 0) is 6.42 Å². The summed E-state index contributed by atoms with van der Waals surface area (Å²) in [5.41, 5.74) is -3.06. The van der Waals surface area contributed by atoms with Crippen LogP contribution in [0.15, 0.2) is 0 Å². The molecular weight excluding hydrogens is 252 g/mol. The normalized spacial score (nSPS) is 17.5. The lowest BCUT2D eigenvalue weighted by atomic mass is 9.81. The van der Waals surface area contributed by atoms with Crippen molar-refractivity contribution in [3.05, 3.63) is 0 Å². The zero-order valence-corrected chi connectivity index (χ0v) is 9.18. The molecule has 0 saturated heterocycles. The summed E-state index contributed by atoms with van der Waals surface area (Å²) in [6.45, 7) is -0.841. The van der Waals surface area contributed by atoms with Crippen molar-refractivity contribution >= 4 is 17.9 Å². The van der Waals surface area contributed by atoms with Gasteiger partial charge in [-0.25, -0.2) is 4.79 Å². The second-order valence-electron chi connectivity index (χ2n) is 3.76. The number of hydrogen-bond acceptors (Lipinski definition) is 6. The van der Waals surface area contributed by atoms with Crippen molar-refractivity contribution in [1.29, 1.82) is 0 Å². The first-order valence-electron chi connectivity index (χ1n) is 4.84. The highest BCUT2D eigenvalue weighted by atomic mass is 16.4. The molecule has 0 spiro atoms. The van der Waals surface area contributed by atoms with Crippen LogP contribution >= 0.6 is 0 Å². The summed E-state index contributed by atoms with van der Waals surface area (Å²) in [7, 11) is 0. The lowest BCUT2D eigenvalue weighted by Crippen LogP contribution is -2.52. The molecule has 0 heterocycles. The molecule has 6 N–H and O–H groups in total. The van der Waals surface area contributed by atoms with Crippen LogP contribution in [0.2, 0.25) is 0 Å². The SMILES string of the molecule is O=C(O)CC(O)(C(=O)O)C(CC(O)CO)C(=O)O. The number of carbonyl (C=O) groups is 3. The smallest absolute Gasteiger partial charge is 0.337 e. The Labute approximate surface area is 101 Å². The summed E-state index contributed by atoms with van der Waals surface area (Å²) in [5.74, 6) is -7.58. The van der Waals surface area contributed by atoms with Crippen molar-refractivity contribution in [2.24, 2.45) is 5.92 Å². The molecular formula is C9H14O9. The number of aliphatic hydroxyl groups excluding tert-OH is 2. The Morgan fingerprint density at radius 1 is 1.11 bits per heavy atom. The zero-order chi connectivity index (χ0) is 14.5. The third-order valence-corrected chi connectivity index (χ3v) is 2.38. The predicted molar refractivity (Wildman–Crippen MR) is 53.7 cm³/mol. The number of hydrogen-bond donors (Lipinski definition) is 6. The lowest BCUT2D eigenvalue weighted by Gasteiger charge is -2.29. The van der Waals surface area contributed by atoms with Crippen LogP contribution in [0.1, 0.15) is 12.8 Å². The van der Waals surface area contributed by atoms with Crippen LogP contribution in [0.4, 0.5) is 0 Å². The van der Waals surface area contributed by atoms with Crippen LogP contribution in [-0.4, -0.2) is 66.9 Å². The molecule has 9 nitrogen and oxygen atoms in total. The van der Waals surface area contributed by atoms with Gasteiger partial charge in [0.1, 0.15) is 0 Å². The van der Waals surface area contributed by atoms with Gasteiger partial charge in [-0.2, -0.15) is 0 Å². The van der Waals surface area contributed by atoms with Crippen LogP contribution in [0, 0.1) is 5.92 Å². The van der Waals surface area contributed by atoms with E-state index in [1.165, 1.54) is 0 Å². The molecule has 0 rings (SSSR count). The van der Waals surface area contributed by atoms with Crippen LogP contribution in [-0.2, 0) is 14.4 Å². The van der Waals surface area contributed by atoms with E-state index in [4.69, 9.17) is 25.5 Å². The number of carboxylic acids is 3. The van der Waals surface area contributed by atoms with Gasteiger partial charge < -0.3 is 30.6 Å². The van der Waals surface area contributed by atoms with Crippen LogP contribution in [0.3, 0.4) is 0 Å². The number of rotatable bonds is 8. The molecule has 0 bridgehead atoms. The molecule has 0 aliphatic carbocycles. The van der Waals surface area contributed by atoms with Crippen molar-refractivity contribution in [2.75, 3.05) is 6.61 Å². The third-order valence-electron chi connectivity index (χ3n) is 2.38. The van der Waals surface area contributed by atoms with Gasteiger partial charge in [-0.3, -0.25) is 9.59 Å². The predicted octanol–water partition coefficient (Wildman–Crippen LogP) is -2.28. The van der Waals surface area contributed by atoms with Crippen molar-refractivity contribution in [2.45, 2.75) is 24.5 Å². The van der Waals surface area contributed by atoms with Gasteiger partial charge in [0.15, 0.2) is 5.60 Å². The summed E-state index contributed by atoms with van der Waals surface area (Å²) < 4.78 is 0. The zero-order valence-electron chi connectivity index (χ0n) is 9.18. The number of aliphatic hydroxyl groups is 3. The van der Waals surface area contributed by atoms with Gasteiger partial charge in [-0.1, -0.05) is 0 Å². The van der Waals surface area contributed by atoms with Gasteiger partial charge in [-0.15, -0.1) is 0 Å². The topological polar surface area (TPSA) is 173 Å². The maximum Gasteiger partial charge on any atom is 0.337 e. The van der Waals surface area contributed by atoms with E-state index in [0.717, 1.165) is 0 Å². The average Bonchev–Trinajstić information content (AvgIpc) is 2.23. The van der Waals surface area contributed by atoms with E-state index in [-0.39, 0.29) is 0 Å². The molecule has 0 amide bonds. The quantitative estimate of drug-likeness (QED) is 0.283. The summed E-state index contributed by atoms with van der Waals surface area (Å²) in [4.78, 5) is 32.2. The van der Waals surface area contributed by atoms with Gasteiger partial charge in [0.25, 0.3) is 0 Å². The summed E-state index contributed by atoms with van der Waals surface area (Å²) in [6, 6.07) is 0. The van der Waals surface area contributed by atoms with Crippen LogP contribution < -0.4 is 0 Å². The Balaban J connectivity index is 5.29. The maximum absolute atomic E-state index is 10.9. The largest absolute Gasteiger partial charge is 0.481 e. The van der Waals surface area contributed by atoms with Crippen LogP contribution in [0.25, 0.3) is 0 Å². The second kappa shape index (κ2) is 6.28. The van der Waals surface area contributed by atoms with Gasteiger partial charge in [0.05, 0.1) is 25.0 Å². The Bertz CT molecular complexity index is 339. The first-order chi connectivity index (χ1) is 8.15. The molecule has 0 saturated carbocycles. The maximum atomic E-state index is 10.9. The first kappa shape index (κ1) is 16.3. The van der Waals surface area contributed by atoms with Crippen LogP contribution in [0.5, 0.6) is 0 Å². The fraction of sp³-hybridized carbons (Fsp3) is 0.667. The van der Waals surface area contributed by atoms with E-state index in [9.17, 15) is 19.5 Å². The minimum atomic E-state index is -3.06. The van der Waals surface area contributed by atoms with E-state index in [1.54, 1.807) is 0 Å². The summed E-state index contributed by atoms with van der Waals surface area (Å²) in [6.07, 6.45) is -3.70. The fourth-order valence-electron chi connectivity index (χ4n) is 1.43. The highest BCUT2D eigenvalue weighted by Crippen LogP contribution is 2.27. The molecule has 0 aliphatic rings. The third kappa shape index (κ3) is 3.95. The highest BCUT2D eigenvalue weighted by Gasteiger charge is 2.50. The van der Waals surface area contributed by atoms with Crippen molar-refractivity contribution in [3.63, 3.8) is 0 Å². The Morgan fingerprint density at radius 2 is 1.61 bits per heavy atom.